The van der Waals surface area contributed by atoms with Gasteiger partial charge in [-0.15, -0.1) is 0 Å². The van der Waals surface area contributed by atoms with E-state index >= 15 is 0 Å². The Kier molecular flexibility index (Phi) is 6.67. The number of aromatic nitrogens is 2. The van der Waals surface area contributed by atoms with Crippen LogP contribution in [0.25, 0.3) is 22.7 Å². The van der Waals surface area contributed by atoms with Crippen LogP contribution < -0.4 is 9.47 Å². The van der Waals surface area contributed by atoms with Gasteiger partial charge in [-0.3, -0.25) is 0 Å². The van der Waals surface area contributed by atoms with Crippen LogP contribution in [0.15, 0.2) is 54.6 Å². The molecule has 0 atom stereocenters. The van der Waals surface area contributed by atoms with E-state index in [1.54, 1.807) is 12.1 Å². The second-order valence-electron chi connectivity index (χ2n) is 7.81. The zero-order chi connectivity index (χ0) is 23.4. The zero-order valence-corrected chi connectivity index (χ0v) is 19.5. The minimum atomic E-state index is 0.372. The number of nitriles is 1. The first kappa shape index (κ1) is 22.4. The molecule has 1 N–H and O–H groups in total. The number of fused-ring (bicyclic) bond motifs is 1. The molecule has 0 saturated heterocycles. The average molecular weight is 458 g/mol. The highest BCUT2D eigenvalue weighted by atomic mass is 35.5. The lowest BCUT2D eigenvalue weighted by Crippen LogP contribution is -2.01. The lowest BCUT2D eigenvalue weighted by atomic mass is 10.1. The average Bonchev–Trinajstić information content (AvgIpc) is 3.21. The molecule has 0 unspecified atom stereocenters. The molecule has 4 rings (SSSR count). The summed E-state index contributed by atoms with van der Waals surface area (Å²) in [5.41, 5.74) is 6.17. The fourth-order valence-electron chi connectivity index (χ4n) is 3.49. The molecule has 166 valence electrons. The van der Waals surface area contributed by atoms with Gasteiger partial charge in [-0.25, -0.2) is 4.98 Å². The van der Waals surface area contributed by atoms with Crippen LogP contribution in [-0.2, 0) is 6.61 Å². The van der Waals surface area contributed by atoms with E-state index in [4.69, 9.17) is 21.1 Å². The van der Waals surface area contributed by atoms with E-state index in [1.807, 2.05) is 69.3 Å². The molecule has 0 amide bonds. The van der Waals surface area contributed by atoms with Crippen molar-refractivity contribution < 1.29 is 9.47 Å². The van der Waals surface area contributed by atoms with Gasteiger partial charge in [0.15, 0.2) is 11.5 Å². The number of hydrogen-bond donors (Lipinski definition) is 1. The highest BCUT2D eigenvalue weighted by Gasteiger charge is 2.14. The number of aryl methyl sites for hydroxylation is 2. The van der Waals surface area contributed by atoms with E-state index in [0.717, 1.165) is 27.7 Å². The van der Waals surface area contributed by atoms with Gasteiger partial charge < -0.3 is 14.5 Å². The molecule has 0 aliphatic rings. The number of halogens is 1. The normalized spacial score (nSPS) is 11.4. The Morgan fingerprint density at radius 1 is 1.06 bits per heavy atom. The maximum atomic E-state index is 9.78. The van der Waals surface area contributed by atoms with Crippen LogP contribution in [0, 0.1) is 25.2 Å². The van der Waals surface area contributed by atoms with Crippen molar-refractivity contribution in [3.05, 3.63) is 87.7 Å². The summed E-state index contributed by atoms with van der Waals surface area (Å²) in [5.74, 6) is 1.52. The Bertz CT molecular complexity index is 1360. The second kappa shape index (κ2) is 9.81. The monoisotopic (exact) mass is 457 g/mol. The highest BCUT2D eigenvalue weighted by molar-refractivity contribution is 6.32. The number of ether oxygens (including phenoxy) is 2. The van der Waals surface area contributed by atoms with Gasteiger partial charge in [-0.1, -0.05) is 47.5 Å². The molecule has 0 saturated carbocycles. The van der Waals surface area contributed by atoms with Crippen LogP contribution in [0.1, 0.15) is 35.0 Å². The van der Waals surface area contributed by atoms with Crippen LogP contribution >= 0.6 is 11.6 Å². The molecule has 0 aliphatic heterocycles. The third kappa shape index (κ3) is 5.19. The first-order valence-corrected chi connectivity index (χ1v) is 11.1. The van der Waals surface area contributed by atoms with Crippen LogP contribution in [0.4, 0.5) is 0 Å². The summed E-state index contributed by atoms with van der Waals surface area (Å²) in [5, 5.41) is 10.2. The number of benzene rings is 3. The second-order valence-corrected chi connectivity index (χ2v) is 8.22. The van der Waals surface area contributed by atoms with Gasteiger partial charge in [0.25, 0.3) is 0 Å². The topological polar surface area (TPSA) is 70.9 Å². The quantitative estimate of drug-likeness (QED) is 0.307. The van der Waals surface area contributed by atoms with Crippen molar-refractivity contribution in [2.75, 3.05) is 6.61 Å². The number of imidazole rings is 1. The molecule has 5 nitrogen and oxygen atoms in total. The van der Waals surface area contributed by atoms with Crippen molar-refractivity contribution in [3.63, 3.8) is 0 Å². The van der Waals surface area contributed by atoms with Crippen LogP contribution in [0.5, 0.6) is 11.5 Å². The summed E-state index contributed by atoms with van der Waals surface area (Å²) in [7, 11) is 0. The Morgan fingerprint density at radius 2 is 1.82 bits per heavy atom. The van der Waals surface area contributed by atoms with Gasteiger partial charge in [0.05, 0.1) is 28.2 Å². The predicted octanol–water partition coefficient (Wildman–Crippen LogP) is 6.88. The number of aromatic amines is 1. The highest BCUT2D eigenvalue weighted by Crippen LogP contribution is 2.38. The van der Waals surface area contributed by atoms with Crippen molar-refractivity contribution in [1.82, 2.24) is 9.97 Å². The number of nitrogens with zero attached hydrogens (tertiary/aromatic N) is 2. The Hall–Kier alpha value is -3.75. The van der Waals surface area contributed by atoms with E-state index in [0.29, 0.717) is 41.1 Å². The summed E-state index contributed by atoms with van der Waals surface area (Å²) >= 11 is 6.58. The standard InChI is InChI=1S/C27H24ClN3O2/c1-4-32-25-14-20(13-22(28)26(25)33-16-19-8-5-17(2)6-9-19)12-21(15-29)27-30-23-10-7-18(3)11-24(23)31-27/h5-14H,4,16H2,1-3H3,(H,30,31). The van der Waals surface area contributed by atoms with Gasteiger partial charge in [0.2, 0.25) is 0 Å². The summed E-state index contributed by atoms with van der Waals surface area (Å²) in [4.78, 5) is 7.78. The lowest BCUT2D eigenvalue weighted by Gasteiger charge is -2.15. The molecule has 4 aromatic rings. The Labute approximate surface area is 198 Å². The SMILES string of the molecule is CCOc1cc(C=C(C#N)c2nc3ccc(C)cc3[nH]2)cc(Cl)c1OCc1ccc(C)cc1. The molecular weight excluding hydrogens is 434 g/mol. The van der Waals surface area contributed by atoms with Gasteiger partial charge in [0, 0.05) is 0 Å². The third-order valence-corrected chi connectivity index (χ3v) is 5.44. The predicted molar refractivity (Wildman–Crippen MR) is 132 cm³/mol. The van der Waals surface area contributed by atoms with Crippen molar-refractivity contribution in [1.29, 1.82) is 5.26 Å². The summed E-state index contributed by atoms with van der Waals surface area (Å²) < 4.78 is 11.8. The van der Waals surface area contributed by atoms with Crippen molar-refractivity contribution in [2.24, 2.45) is 0 Å². The van der Waals surface area contributed by atoms with Crippen LogP contribution in [0.3, 0.4) is 0 Å². The van der Waals surface area contributed by atoms with Gasteiger partial charge in [-0.05, 0) is 67.8 Å². The Balaban J connectivity index is 1.65. The minimum Gasteiger partial charge on any atom is -0.490 e. The fourth-order valence-corrected chi connectivity index (χ4v) is 3.76. The van der Waals surface area contributed by atoms with Gasteiger partial charge in [0.1, 0.15) is 18.5 Å². The number of rotatable bonds is 7. The largest absolute Gasteiger partial charge is 0.490 e. The molecular formula is C27H24ClN3O2. The first-order valence-electron chi connectivity index (χ1n) is 10.7. The molecule has 3 aromatic carbocycles. The van der Waals surface area contributed by atoms with Gasteiger partial charge >= 0.3 is 0 Å². The van der Waals surface area contributed by atoms with E-state index in [-0.39, 0.29) is 0 Å². The fraction of sp³-hybridized carbons (Fsp3) is 0.185. The third-order valence-electron chi connectivity index (χ3n) is 5.16. The maximum absolute atomic E-state index is 9.78. The molecule has 0 aliphatic carbocycles. The van der Waals surface area contributed by atoms with E-state index in [9.17, 15) is 5.26 Å². The van der Waals surface area contributed by atoms with Crippen LogP contribution in [0.2, 0.25) is 5.02 Å². The summed E-state index contributed by atoms with van der Waals surface area (Å²) in [6.45, 7) is 6.79. The Morgan fingerprint density at radius 3 is 2.55 bits per heavy atom. The summed E-state index contributed by atoms with van der Waals surface area (Å²) in [6, 6.07) is 19.9. The molecule has 0 radical (unpaired) electrons. The molecule has 0 spiro atoms. The number of nitrogens with one attached hydrogen (secondary N) is 1. The minimum absolute atomic E-state index is 0.372. The van der Waals surface area contributed by atoms with Crippen molar-refractivity contribution >= 4 is 34.3 Å². The molecule has 33 heavy (non-hydrogen) atoms. The smallest absolute Gasteiger partial charge is 0.180 e. The first-order chi connectivity index (χ1) is 16.0. The molecule has 0 bridgehead atoms. The maximum Gasteiger partial charge on any atom is 0.180 e. The number of H-pyrrole nitrogens is 1. The van der Waals surface area contributed by atoms with E-state index < -0.39 is 0 Å². The lowest BCUT2D eigenvalue weighted by molar-refractivity contribution is 0.269. The summed E-state index contributed by atoms with van der Waals surface area (Å²) in [6.07, 6.45) is 1.74. The number of hydrogen-bond acceptors (Lipinski definition) is 4. The molecule has 6 heteroatoms. The van der Waals surface area contributed by atoms with E-state index in [2.05, 4.69) is 16.0 Å². The van der Waals surface area contributed by atoms with E-state index in [1.165, 1.54) is 5.56 Å². The van der Waals surface area contributed by atoms with Crippen molar-refractivity contribution in [2.45, 2.75) is 27.4 Å². The molecule has 1 heterocycles. The van der Waals surface area contributed by atoms with Gasteiger partial charge in [-0.2, -0.15) is 5.26 Å². The zero-order valence-electron chi connectivity index (χ0n) is 18.8. The van der Waals surface area contributed by atoms with Crippen LogP contribution in [-0.4, -0.2) is 16.6 Å². The number of allylic oxidation sites excluding steroid dienone is 1. The molecule has 0 fully saturated rings. The van der Waals surface area contributed by atoms with Crippen molar-refractivity contribution in [3.8, 4) is 17.6 Å². The molecule has 1 aromatic heterocycles.